The molecule has 0 aromatic heterocycles. The minimum atomic E-state index is -3.50. The van der Waals surface area contributed by atoms with Crippen LogP contribution in [-0.4, -0.2) is 40.8 Å². The lowest BCUT2D eigenvalue weighted by Gasteiger charge is -2.23. The third-order valence-corrected chi connectivity index (χ3v) is 7.12. The number of hydrogen-bond donors (Lipinski definition) is 1. The van der Waals surface area contributed by atoms with Gasteiger partial charge >= 0.3 is 0 Å². The van der Waals surface area contributed by atoms with Gasteiger partial charge in [0, 0.05) is 10.0 Å². The highest BCUT2D eigenvalue weighted by Gasteiger charge is 2.19. The van der Waals surface area contributed by atoms with Crippen molar-refractivity contribution in [3.63, 3.8) is 0 Å². The van der Waals surface area contributed by atoms with Gasteiger partial charge in [-0.25, -0.2) is 8.42 Å². The Morgan fingerprint density at radius 2 is 1.65 bits per heavy atom. The lowest BCUT2D eigenvalue weighted by atomic mass is 10.1. The molecule has 180 valence electrons. The number of anilines is 1. The van der Waals surface area contributed by atoms with Gasteiger partial charge in [0.05, 0.1) is 32.1 Å². The van der Waals surface area contributed by atoms with Gasteiger partial charge in [-0.1, -0.05) is 28.1 Å². The highest BCUT2D eigenvalue weighted by Crippen LogP contribution is 2.26. The summed E-state index contributed by atoms with van der Waals surface area (Å²) in [4.78, 5) is 12.4. The highest BCUT2D eigenvalue weighted by molar-refractivity contribution is 9.10. The monoisotopic (exact) mass is 546 g/mol. The first-order valence-electron chi connectivity index (χ1n) is 10.6. The van der Waals surface area contributed by atoms with Crippen molar-refractivity contribution < 1.29 is 22.7 Å². The number of benzene rings is 3. The molecule has 3 aromatic carbocycles. The standard InChI is InChI=1S/C25H27BrN2O5S/c1-18-16-21(8-13-24(18)26)28(34(3,30)31)17-19-4-6-20(7-5-19)25(29)27-14-15-33-23-11-9-22(32-2)10-12-23/h4-13,16H,14-15,17H2,1-3H3,(H,27,29). The van der Waals surface area contributed by atoms with Crippen LogP contribution in [0.25, 0.3) is 0 Å². The summed E-state index contributed by atoms with van der Waals surface area (Å²) in [6.45, 7) is 2.74. The van der Waals surface area contributed by atoms with E-state index < -0.39 is 10.0 Å². The summed E-state index contributed by atoms with van der Waals surface area (Å²) in [6, 6.07) is 19.5. The number of hydrogen-bond acceptors (Lipinski definition) is 5. The fraction of sp³-hybridized carbons (Fsp3) is 0.240. The quantitative estimate of drug-likeness (QED) is 0.377. The van der Waals surface area contributed by atoms with E-state index in [1.165, 1.54) is 10.6 Å². The molecule has 1 amide bonds. The van der Waals surface area contributed by atoms with Crippen LogP contribution in [0.4, 0.5) is 5.69 Å². The van der Waals surface area contributed by atoms with E-state index in [1.54, 1.807) is 61.7 Å². The molecule has 1 N–H and O–H groups in total. The van der Waals surface area contributed by atoms with Crippen LogP contribution in [-0.2, 0) is 16.6 Å². The van der Waals surface area contributed by atoms with Crippen LogP contribution in [0.5, 0.6) is 11.5 Å². The van der Waals surface area contributed by atoms with Crippen LogP contribution in [0.2, 0.25) is 0 Å². The van der Waals surface area contributed by atoms with Crippen LogP contribution >= 0.6 is 15.9 Å². The molecule has 0 saturated carbocycles. The zero-order valence-corrected chi connectivity index (χ0v) is 21.6. The number of amides is 1. The molecule has 3 aromatic rings. The Morgan fingerprint density at radius 1 is 1.00 bits per heavy atom. The summed E-state index contributed by atoms with van der Waals surface area (Å²) in [5, 5.41) is 2.81. The third kappa shape index (κ3) is 6.98. The fourth-order valence-corrected chi connectivity index (χ4v) is 4.35. The van der Waals surface area contributed by atoms with Crippen molar-refractivity contribution >= 4 is 37.5 Å². The summed E-state index contributed by atoms with van der Waals surface area (Å²) in [5.41, 5.74) is 2.78. The van der Waals surface area contributed by atoms with E-state index in [-0.39, 0.29) is 12.5 Å². The van der Waals surface area contributed by atoms with Crippen LogP contribution in [0.1, 0.15) is 21.5 Å². The number of carbonyl (C=O) groups excluding carboxylic acids is 1. The number of nitrogens with zero attached hydrogens (tertiary/aromatic N) is 1. The minimum absolute atomic E-state index is 0.164. The Kier molecular flexibility index (Phi) is 8.57. The lowest BCUT2D eigenvalue weighted by Crippen LogP contribution is -2.29. The van der Waals surface area contributed by atoms with Crippen molar-refractivity contribution in [2.24, 2.45) is 0 Å². The largest absolute Gasteiger partial charge is 0.497 e. The van der Waals surface area contributed by atoms with Crippen molar-refractivity contribution in [1.82, 2.24) is 5.32 Å². The second-order valence-electron chi connectivity index (χ2n) is 7.68. The molecule has 0 heterocycles. The molecule has 0 unspecified atom stereocenters. The topological polar surface area (TPSA) is 84.9 Å². The van der Waals surface area contributed by atoms with Gasteiger partial charge in [0.1, 0.15) is 18.1 Å². The van der Waals surface area contributed by atoms with E-state index in [4.69, 9.17) is 9.47 Å². The second-order valence-corrected chi connectivity index (χ2v) is 10.4. The molecule has 0 aliphatic heterocycles. The molecule has 0 bridgehead atoms. The Bertz CT molecular complexity index is 1230. The smallest absolute Gasteiger partial charge is 0.251 e. The van der Waals surface area contributed by atoms with Gasteiger partial charge in [0.15, 0.2) is 0 Å². The van der Waals surface area contributed by atoms with E-state index >= 15 is 0 Å². The Hall–Kier alpha value is -3.04. The fourth-order valence-electron chi connectivity index (χ4n) is 3.22. The molecule has 0 atom stereocenters. The van der Waals surface area contributed by atoms with Gasteiger partial charge in [-0.3, -0.25) is 9.10 Å². The number of methoxy groups -OCH3 is 1. The van der Waals surface area contributed by atoms with E-state index in [0.29, 0.717) is 30.2 Å². The number of carbonyl (C=O) groups is 1. The number of aryl methyl sites for hydroxylation is 1. The molecule has 0 fully saturated rings. The first-order valence-corrected chi connectivity index (χ1v) is 13.2. The Balaban J connectivity index is 1.57. The van der Waals surface area contributed by atoms with E-state index in [9.17, 15) is 13.2 Å². The maximum atomic E-state index is 12.4. The van der Waals surface area contributed by atoms with Crippen LogP contribution in [0, 0.1) is 6.92 Å². The second kappa shape index (κ2) is 11.4. The van der Waals surface area contributed by atoms with Crippen molar-refractivity contribution in [2.75, 3.05) is 30.8 Å². The maximum absolute atomic E-state index is 12.4. The predicted octanol–water partition coefficient (Wildman–Crippen LogP) is 4.54. The number of rotatable bonds is 10. The SMILES string of the molecule is COc1ccc(OCCNC(=O)c2ccc(CN(c3ccc(Br)c(C)c3)S(C)(=O)=O)cc2)cc1. The van der Waals surface area contributed by atoms with Crippen LogP contribution in [0.3, 0.4) is 0 Å². The molecule has 9 heteroatoms. The first kappa shape index (κ1) is 25.6. The summed E-state index contributed by atoms with van der Waals surface area (Å²) in [6.07, 6.45) is 1.18. The van der Waals surface area contributed by atoms with Crippen LogP contribution in [0.15, 0.2) is 71.2 Å². The first-order chi connectivity index (χ1) is 16.2. The van der Waals surface area contributed by atoms with Crippen molar-refractivity contribution in [2.45, 2.75) is 13.5 Å². The van der Waals surface area contributed by atoms with Crippen molar-refractivity contribution in [1.29, 1.82) is 0 Å². The maximum Gasteiger partial charge on any atom is 0.251 e. The van der Waals surface area contributed by atoms with E-state index in [1.807, 2.05) is 19.1 Å². The number of sulfonamides is 1. The number of halogens is 1. The molecule has 34 heavy (non-hydrogen) atoms. The number of ether oxygens (including phenoxy) is 2. The normalized spacial score (nSPS) is 11.1. The van der Waals surface area contributed by atoms with E-state index in [0.717, 1.165) is 21.3 Å². The van der Waals surface area contributed by atoms with Gasteiger partial charge < -0.3 is 14.8 Å². The summed E-state index contributed by atoms with van der Waals surface area (Å²) in [7, 11) is -1.90. The third-order valence-electron chi connectivity index (χ3n) is 5.09. The van der Waals surface area contributed by atoms with Gasteiger partial charge in [0.2, 0.25) is 10.0 Å². The average Bonchev–Trinajstić information content (AvgIpc) is 2.82. The van der Waals surface area contributed by atoms with Gasteiger partial charge in [-0.05, 0) is 72.6 Å². The zero-order chi connectivity index (χ0) is 24.7. The molecular weight excluding hydrogens is 520 g/mol. The zero-order valence-electron chi connectivity index (χ0n) is 19.2. The molecule has 0 radical (unpaired) electrons. The molecule has 0 saturated heterocycles. The Morgan fingerprint density at radius 3 is 2.24 bits per heavy atom. The molecule has 0 aliphatic rings. The van der Waals surface area contributed by atoms with Crippen LogP contribution < -0.4 is 19.1 Å². The average molecular weight is 547 g/mol. The molecular formula is C25H27BrN2O5S. The molecule has 7 nitrogen and oxygen atoms in total. The summed E-state index contributed by atoms with van der Waals surface area (Å²) < 4.78 is 37.8. The van der Waals surface area contributed by atoms with Crippen molar-refractivity contribution in [3.05, 3.63) is 87.9 Å². The minimum Gasteiger partial charge on any atom is -0.497 e. The summed E-state index contributed by atoms with van der Waals surface area (Å²) >= 11 is 3.44. The van der Waals surface area contributed by atoms with Gasteiger partial charge in [-0.15, -0.1) is 0 Å². The lowest BCUT2D eigenvalue weighted by molar-refractivity contribution is 0.0947. The van der Waals surface area contributed by atoms with E-state index in [2.05, 4.69) is 21.2 Å². The number of nitrogens with one attached hydrogen (secondary N) is 1. The molecule has 0 spiro atoms. The highest BCUT2D eigenvalue weighted by atomic mass is 79.9. The van der Waals surface area contributed by atoms with Gasteiger partial charge in [-0.2, -0.15) is 0 Å². The van der Waals surface area contributed by atoms with Crippen molar-refractivity contribution in [3.8, 4) is 11.5 Å². The Labute approximate surface area is 208 Å². The molecule has 3 rings (SSSR count). The molecule has 0 aliphatic carbocycles. The van der Waals surface area contributed by atoms with Gasteiger partial charge in [0.25, 0.3) is 5.91 Å². The summed E-state index contributed by atoms with van der Waals surface area (Å²) in [5.74, 6) is 1.21. The predicted molar refractivity (Wildman–Crippen MR) is 137 cm³/mol.